The highest BCUT2D eigenvalue weighted by atomic mass is 35.5. The summed E-state index contributed by atoms with van der Waals surface area (Å²) in [5, 5.41) is 3.96. The summed E-state index contributed by atoms with van der Waals surface area (Å²) in [5.41, 5.74) is 1.02. The number of hydrogen-bond acceptors (Lipinski definition) is 2. The van der Waals surface area contributed by atoms with Gasteiger partial charge in [-0.3, -0.25) is 0 Å². The van der Waals surface area contributed by atoms with Gasteiger partial charge < -0.3 is 10.1 Å². The molecule has 0 heterocycles. The molecular formula is C16H17ClFNO. The van der Waals surface area contributed by atoms with Crippen LogP contribution in [0.2, 0.25) is 5.02 Å². The first-order chi connectivity index (χ1) is 9.54. The number of nitrogens with one attached hydrogen (secondary N) is 1. The summed E-state index contributed by atoms with van der Waals surface area (Å²) in [4.78, 5) is 0. The van der Waals surface area contributed by atoms with Gasteiger partial charge in [-0.2, -0.15) is 0 Å². The van der Waals surface area contributed by atoms with Crippen LogP contribution in [0.5, 0.6) is 11.5 Å². The van der Waals surface area contributed by atoms with E-state index in [1.54, 1.807) is 18.2 Å². The molecule has 0 saturated heterocycles. The topological polar surface area (TPSA) is 21.3 Å². The molecule has 0 radical (unpaired) electrons. The zero-order valence-electron chi connectivity index (χ0n) is 11.5. The highest BCUT2D eigenvalue weighted by molar-refractivity contribution is 6.31. The van der Waals surface area contributed by atoms with E-state index in [1.165, 1.54) is 12.1 Å². The lowest BCUT2D eigenvalue weighted by atomic mass is 10.2. The summed E-state index contributed by atoms with van der Waals surface area (Å²) in [7, 11) is 0. The van der Waals surface area contributed by atoms with Crippen LogP contribution >= 0.6 is 11.6 Å². The molecule has 0 spiro atoms. The predicted octanol–water partition coefficient (Wildman–Crippen LogP) is 4.77. The fourth-order valence-electron chi connectivity index (χ4n) is 1.69. The molecule has 0 saturated carbocycles. The van der Waals surface area contributed by atoms with E-state index in [9.17, 15) is 4.39 Å². The van der Waals surface area contributed by atoms with Gasteiger partial charge in [0.05, 0.1) is 0 Å². The van der Waals surface area contributed by atoms with Crippen molar-refractivity contribution in [2.45, 2.75) is 26.4 Å². The van der Waals surface area contributed by atoms with Crippen LogP contribution in [0, 0.1) is 5.82 Å². The van der Waals surface area contributed by atoms with Crippen LogP contribution in [0.3, 0.4) is 0 Å². The van der Waals surface area contributed by atoms with Crippen LogP contribution in [-0.2, 0) is 6.54 Å². The summed E-state index contributed by atoms with van der Waals surface area (Å²) in [6.07, 6.45) is 0. The standard InChI is InChI=1S/C16H17ClFNO/c1-11(2)19-10-12-3-6-15(9-16(12)17)20-14-7-4-13(18)5-8-14/h3-9,11,19H,10H2,1-2H3. The van der Waals surface area contributed by atoms with Crippen LogP contribution in [0.4, 0.5) is 4.39 Å². The second-order valence-electron chi connectivity index (χ2n) is 4.84. The van der Waals surface area contributed by atoms with E-state index in [0.717, 1.165) is 5.56 Å². The molecule has 20 heavy (non-hydrogen) atoms. The first-order valence-electron chi connectivity index (χ1n) is 6.50. The molecule has 0 unspecified atom stereocenters. The lowest BCUT2D eigenvalue weighted by molar-refractivity contribution is 0.480. The van der Waals surface area contributed by atoms with Gasteiger partial charge in [-0.15, -0.1) is 0 Å². The van der Waals surface area contributed by atoms with Crippen LogP contribution in [-0.4, -0.2) is 6.04 Å². The monoisotopic (exact) mass is 293 g/mol. The molecule has 2 aromatic rings. The predicted molar refractivity (Wildman–Crippen MR) is 79.9 cm³/mol. The third kappa shape index (κ3) is 4.22. The van der Waals surface area contributed by atoms with Crippen molar-refractivity contribution in [2.24, 2.45) is 0 Å². The Balaban J connectivity index is 2.06. The zero-order valence-corrected chi connectivity index (χ0v) is 12.2. The summed E-state index contributed by atoms with van der Waals surface area (Å²) in [5.74, 6) is 0.927. The van der Waals surface area contributed by atoms with Crippen LogP contribution in [0.25, 0.3) is 0 Å². The van der Waals surface area contributed by atoms with E-state index in [0.29, 0.717) is 29.1 Å². The largest absolute Gasteiger partial charge is 0.457 e. The molecule has 0 aliphatic carbocycles. The molecule has 0 fully saturated rings. The van der Waals surface area contributed by atoms with Crippen molar-refractivity contribution >= 4 is 11.6 Å². The third-order valence-corrected chi connectivity index (χ3v) is 3.13. The van der Waals surface area contributed by atoms with E-state index >= 15 is 0 Å². The second-order valence-corrected chi connectivity index (χ2v) is 5.25. The average molecular weight is 294 g/mol. The van der Waals surface area contributed by atoms with Crippen molar-refractivity contribution in [2.75, 3.05) is 0 Å². The van der Waals surface area contributed by atoms with E-state index in [1.807, 2.05) is 12.1 Å². The van der Waals surface area contributed by atoms with Crippen molar-refractivity contribution in [1.29, 1.82) is 0 Å². The number of ether oxygens (including phenoxy) is 1. The molecule has 0 atom stereocenters. The Morgan fingerprint density at radius 1 is 1.10 bits per heavy atom. The minimum Gasteiger partial charge on any atom is -0.457 e. The first kappa shape index (κ1) is 14.8. The van der Waals surface area contributed by atoms with Crippen molar-refractivity contribution in [3.05, 3.63) is 58.9 Å². The van der Waals surface area contributed by atoms with Gasteiger partial charge in [-0.25, -0.2) is 4.39 Å². The quantitative estimate of drug-likeness (QED) is 0.857. The summed E-state index contributed by atoms with van der Waals surface area (Å²) >= 11 is 6.22. The minimum atomic E-state index is -0.287. The molecule has 2 aromatic carbocycles. The maximum Gasteiger partial charge on any atom is 0.128 e. The molecule has 0 amide bonds. The van der Waals surface area contributed by atoms with Crippen molar-refractivity contribution in [3.63, 3.8) is 0 Å². The van der Waals surface area contributed by atoms with Gasteiger partial charge in [0, 0.05) is 17.6 Å². The fraction of sp³-hybridized carbons (Fsp3) is 0.250. The second kappa shape index (κ2) is 6.73. The van der Waals surface area contributed by atoms with Gasteiger partial charge in [-0.05, 0) is 42.0 Å². The van der Waals surface area contributed by atoms with Crippen molar-refractivity contribution < 1.29 is 9.13 Å². The minimum absolute atomic E-state index is 0.287. The Kier molecular flexibility index (Phi) is 4.99. The highest BCUT2D eigenvalue weighted by Crippen LogP contribution is 2.27. The molecule has 0 bridgehead atoms. The van der Waals surface area contributed by atoms with E-state index < -0.39 is 0 Å². The molecule has 0 aromatic heterocycles. The van der Waals surface area contributed by atoms with Gasteiger partial charge in [0.25, 0.3) is 0 Å². The van der Waals surface area contributed by atoms with E-state index in [-0.39, 0.29) is 5.82 Å². The third-order valence-electron chi connectivity index (χ3n) is 2.77. The number of benzene rings is 2. The molecule has 106 valence electrons. The summed E-state index contributed by atoms with van der Waals surface area (Å²) < 4.78 is 18.4. The van der Waals surface area contributed by atoms with Gasteiger partial charge in [0.15, 0.2) is 0 Å². The average Bonchev–Trinajstić information content (AvgIpc) is 2.40. The lowest BCUT2D eigenvalue weighted by Gasteiger charge is -2.11. The highest BCUT2D eigenvalue weighted by Gasteiger charge is 2.04. The fourth-order valence-corrected chi connectivity index (χ4v) is 1.93. The first-order valence-corrected chi connectivity index (χ1v) is 6.87. The van der Waals surface area contributed by atoms with Crippen LogP contribution < -0.4 is 10.1 Å². The van der Waals surface area contributed by atoms with Crippen LogP contribution in [0.15, 0.2) is 42.5 Å². The van der Waals surface area contributed by atoms with E-state index in [2.05, 4.69) is 19.2 Å². The zero-order chi connectivity index (χ0) is 14.5. The van der Waals surface area contributed by atoms with E-state index in [4.69, 9.17) is 16.3 Å². The van der Waals surface area contributed by atoms with Crippen molar-refractivity contribution in [1.82, 2.24) is 5.32 Å². The Labute approximate surface area is 123 Å². The number of rotatable bonds is 5. The molecule has 0 aliphatic rings. The molecular weight excluding hydrogens is 277 g/mol. The normalized spacial score (nSPS) is 10.8. The smallest absolute Gasteiger partial charge is 0.128 e. The maximum atomic E-state index is 12.8. The Bertz CT molecular complexity index is 569. The maximum absolute atomic E-state index is 12.8. The number of hydrogen-bond donors (Lipinski definition) is 1. The molecule has 4 heteroatoms. The number of halogens is 2. The van der Waals surface area contributed by atoms with Gasteiger partial charge in [0.2, 0.25) is 0 Å². The molecule has 2 rings (SSSR count). The molecule has 2 nitrogen and oxygen atoms in total. The van der Waals surface area contributed by atoms with Gasteiger partial charge in [-0.1, -0.05) is 31.5 Å². The molecule has 0 aliphatic heterocycles. The lowest BCUT2D eigenvalue weighted by Crippen LogP contribution is -2.21. The van der Waals surface area contributed by atoms with Gasteiger partial charge in [0.1, 0.15) is 17.3 Å². The molecule has 1 N–H and O–H groups in total. The SMILES string of the molecule is CC(C)NCc1ccc(Oc2ccc(F)cc2)cc1Cl. The Hall–Kier alpha value is -1.58. The van der Waals surface area contributed by atoms with Crippen molar-refractivity contribution in [3.8, 4) is 11.5 Å². The van der Waals surface area contributed by atoms with Crippen LogP contribution in [0.1, 0.15) is 19.4 Å². The Morgan fingerprint density at radius 2 is 1.75 bits per heavy atom. The Morgan fingerprint density at radius 3 is 2.35 bits per heavy atom. The van der Waals surface area contributed by atoms with Gasteiger partial charge >= 0.3 is 0 Å². The summed E-state index contributed by atoms with van der Waals surface area (Å²) in [6, 6.07) is 11.8. The summed E-state index contributed by atoms with van der Waals surface area (Å²) in [6.45, 7) is 4.88.